The Morgan fingerprint density at radius 2 is 1.72 bits per heavy atom. The third-order valence-electron chi connectivity index (χ3n) is 4.00. The second-order valence-corrected chi connectivity index (χ2v) is 7.50. The van der Waals surface area contributed by atoms with Gasteiger partial charge in [-0.3, -0.25) is 0 Å². The van der Waals surface area contributed by atoms with Crippen molar-refractivity contribution in [2.75, 3.05) is 20.5 Å². The molecule has 1 N–H and O–H groups in total. The molecule has 1 aliphatic rings. The topological polar surface area (TPSA) is 67.9 Å². The van der Waals surface area contributed by atoms with Crippen LogP contribution in [0.3, 0.4) is 0 Å². The number of ether oxygens (including phenoxy) is 2. The molecule has 0 spiro atoms. The van der Waals surface area contributed by atoms with Gasteiger partial charge >= 0.3 is 0 Å². The molecule has 1 heterocycles. The fraction of sp³-hybridized carbons (Fsp3) is 0.222. The van der Waals surface area contributed by atoms with E-state index in [1.807, 2.05) is 48.5 Å². The average Bonchev–Trinajstić information content (AvgIpc) is 3.07. The monoisotopic (exact) mass is 360 g/mol. The Morgan fingerprint density at radius 1 is 1.00 bits per heavy atom. The minimum Gasteiger partial charge on any atom is -0.493 e. The van der Waals surface area contributed by atoms with E-state index in [1.165, 1.54) is 17.8 Å². The van der Waals surface area contributed by atoms with E-state index in [9.17, 15) is 8.42 Å². The number of hydrazine groups is 1. The number of nitrogens with one attached hydrogen (secondary N) is 1. The summed E-state index contributed by atoms with van der Waals surface area (Å²) in [4.78, 5) is 0. The number of methoxy groups -OCH3 is 2. The molecule has 0 aromatic heterocycles. The van der Waals surface area contributed by atoms with Crippen molar-refractivity contribution in [1.29, 1.82) is 0 Å². The summed E-state index contributed by atoms with van der Waals surface area (Å²) >= 11 is 0. The van der Waals surface area contributed by atoms with Crippen LogP contribution in [0, 0.1) is 0 Å². The maximum atomic E-state index is 12.3. The molecule has 0 unspecified atom stereocenters. The maximum absolute atomic E-state index is 12.3. The van der Waals surface area contributed by atoms with Crippen molar-refractivity contribution in [3.8, 4) is 11.5 Å². The van der Waals surface area contributed by atoms with E-state index in [-0.39, 0.29) is 0 Å². The molecule has 0 saturated heterocycles. The zero-order valence-corrected chi connectivity index (χ0v) is 15.1. The highest BCUT2D eigenvalue weighted by molar-refractivity contribution is 7.88. The van der Waals surface area contributed by atoms with E-state index < -0.39 is 16.1 Å². The van der Waals surface area contributed by atoms with Crippen molar-refractivity contribution in [3.05, 3.63) is 65.7 Å². The first kappa shape index (κ1) is 17.3. The van der Waals surface area contributed by atoms with Crippen LogP contribution in [0.5, 0.6) is 11.5 Å². The summed E-state index contributed by atoms with van der Waals surface area (Å²) in [5.41, 5.74) is 5.32. The van der Waals surface area contributed by atoms with Crippen LogP contribution in [0.15, 0.2) is 54.6 Å². The van der Waals surface area contributed by atoms with Gasteiger partial charge in [-0.15, -0.1) is 4.41 Å². The smallest absolute Gasteiger partial charge is 0.228 e. The third-order valence-corrected chi connectivity index (χ3v) is 5.03. The Bertz CT molecular complexity index is 895. The van der Waals surface area contributed by atoms with Crippen LogP contribution in [-0.2, 0) is 10.0 Å². The van der Waals surface area contributed by atoms with E-state index in [4.69, 9.17) is 9.47 Å². The minimum absolute atomic E-state index is 0.510. The van der Waals surface area contributed by atoms with Crippen molar-refractivity contribution in [2.45, 2.75) is 6.04 Å². The molecule has 1 atom stereocenters. The molecule has 0 amide bonds. The van der Waals surface area contributed by atoms with Gasteiger partial charge in [-0.25, -0.2) is 8.42 Å². The highest BCUT2D eigenvalue weighted by Gasteiger charge is 2.35. The largest absolute Gasteiger partial charge is 0.493 e. The summed E-state index contributed by atoms with van der Waals surface area (Å²) in [5.74, 6) is 1.06. The Morgan fingerprint density at radius 3 is 2.32 bits per heavy atom. The Labute approximate surface area is 147 Å². The summed E-state index contributed by atoms with van der Waals surface area (Å²) in [5, 5.41) is 0. The molecule has 6 nitrogen and oxygen atoms in total. The lowest BCUT2D eigenvalue weighted by atomic mass is 10.0. The van der Waals surface area contributed by atoms with E-state index in [0.29, 0.717) is 17.1 Å². The predicted molar refractivity (Wildman–Crippen MR) is 96.5 cm³/mol. The van der Waals surface area contributed by atoms with Crippen molar-refractivity contribution in [3.63, 3.8) is 0 Å². The standard InChI is InChI=1S/C18H20N2O4S/c1-23-17-11-7-10-14(18(17)24-2)16-12-15(13-8-5-4-6-9-13)19-20(16)25(3,21)22/h4-12,16,19H,1-3H3/t16-/m0/s1. The molecule has 0 fully saturated rings. The average molecular weight is 360 g/mol. The van der Waals surface area contributed by atoms with E-state index in [0.717, 1.165) is 11.3 Å². The minimum atomic E-state index is -3.51. The van der Waals surface area contributed by atoms with Crippen molar-refractivity contribution in [1.82, 2.24) is 9.84 Å². The molecule has 0 aliphatic carbocycles. The molecule has 7 heteroatoms. The highest BCUT2D eigenvalue weighted by atomic mass is 32.2. The number of hydrogen-bond donors (Lipinski definition) is 1. The summed E-state index contributed by atoms with van der Waals surface area (Å²) < 4.78 is 36.7. The highest BCUT2D eigenvalue weighted by Crippen LogP contribution is 2.41. The van der Waals surface area contributed by atoms with Crippen LogP contribution in [0.1, 0.15) is 17.2 Å². The molecule has 3 rings (SSSR count). The Balaban J connectivity index is 2.12. The molecular formula is C18H20N2O4S. The van der Waals surface area contributed by atoms with Gasteiger partial charge in [0.1, 0.15) is 0 Å². The molecule has 0 saturated carbocycles. The van der Waals surface area contributed by atoms with Gasteiger partial charge in [-0.2, -0.15) is 0 Å². The quantitative estimate of drug-likeness (QED) is 0.888. The number of benzene rings is 2. The molecular weight excluding hydrogens is 340 g/mol. The van der Waals surface area contributed by atoms with Gasteiger partial charge in [0.15, 0.2) is 11.5 Å². The van der Waals surface area contributed by atoms with Gasteiger partial charge in [0.25, 0.3) is 0 Å². The summed E-state index contributed by atoms with van der Waals surface area (Å²) in [7, 11) is -0.424. The SMILES string of the molecule is COc1cccc([C@@H]2C=C(c3ccccc3)NN2S(C)(=O)=O)c1OC. The van der Waals surface area contributed by atoms with Crippen LogP contribution in [0.4, 0.5) is 0 Å². The zero-order valence-electron chi connectivity index (χ0n) is 14.3. The van der Waals surface area contributed by atoms with Gasteiger partial charge in [0.05, 0.1) is 32.2 Å². The number of rotatable bonds is 5. The molecule has 2 aromatic carbocycles. The lowest BCUT2D eigenvalue weighted by Gasteiger charge is -2.24. The molecule has 132 valence electrons. The molecule has 1 aliphatic heterocycles. The van der Waals surface area contributed by atoms with Crippen molar-refractivity contribution >= 4 is 15.7 Å². The first-order valence-corrected chi connectivity index (χ1v) is 9.54. The molecule has 25 heavy (non-hydrogen) atoms. The Hall–Kier alpha value is -2.51. The van der Waals surface area contributed by atoms with Gasteiger partial charge in [0.2, 0.25) is 10.0 Å². The van der Waals surface area contributed by atoms with E-state index in [1.54, 1.807) is 13.2 Å². The predicted octanol–water partition coefficient (Wildman–Crippen LogP) is 2.57. The summed E-state index contributed by atoms with van der Waals surface area (Å²) in [6.07, 6.45) is 3.04. The summed E-state index contributed by atoms with van der Waals surface area (Å²) in [6.45, 7) is 0. The van der Waals surface area contributed by atoms with E-state index >= 15 is 0 Å². The fourth-order valence-corrected chi connectivity index (χ4v) is 3.73. The zero-order chi connectivity index (χ0) is 18.0. The van der Waals surface area contributed by atoms with Crippen LogP contribution in [-0.4, -0.2) is 33.3 Å². The number of hydrogen-bond acceptors (Lipinski definition) is 5. The number of sulfonamides is 1. The number of nitrogens with zero attached hydrogens (tertiary/aromatic N) is 1. The van der Waals surface area contributed by atoms with Gasteiger partial charge in [0, 0.05) is 5.56 Å². The van der Waals surface area contributed by atoms with Gasteiger partial charge < -0.3 is 14.9 Å². The molecule has 0 radical (unpaired) electrons. The third kappa shape index (κ3) is 3.33. The molecule has 0 bridgehead atoms. The van der Waals surface area contributed by atoms with Crippen molar-refractivity contribution < 1.29 is 17.9 Å². The van der Waals surface area contributed by atoms with Gasteiger partial charge in [-0.1, -0.05) is 42.5 Å². The fourth-order valence-electron chi connectivity index (χ4n) is 2.88. The van der Waals surface area contributed by atoms with Crippen LogP contribution in [0.25, 0.3) is 5.70 Å². The van der Waals surface area contributed by atoms with Crippen molar-refractivity contribution in [2.24, 2.45) is 0 Å². The Kier molecular flexibility index (Phi) is 4.69. The normalized spacial score (nSPS) is 17.7. The van der Waals surface area contributed by atoms with Crippen LogP contribution < -0.4 is 14.9 Å². The van der Waals surface area contributed by atoms with E-state index in [2.05, 4.69) is 5.43 Å². The number of para-hydroxylation sites is 1. The lowest BCUT2D eigenvalue weighted by molar-refractivity contribution is 0.323. The second-order valence-electron chi connectivity index (χ2n) is 5.64. The second kappa shape index (κ2) is 6.78. The first-order chi connectivity index (χ1) is 12.0. The summed E-state index contributed by atoms with van der Waals surface area (Å²) in [6, 6.07) is 14.4. The molecule has 2 aromatic rings. The van der Waals surface area contributed by atoms with Gasteiger partial charge in [-0.05, 0) is 17.7 Å². The maximum Gasteiger partial charge on any atom is 0.228 e. The van der Waals surface area contributed by atoms with Crippen LogP contribution >= 0.6 is 0 Å². The first-order valence-electron chi connectivity index (χ1n) is 7.70. The van der Waals surface area contributed by atoms with Crippen LogP contribution in [0.2, 0.25) is 0 Å². The lowest BCUT2D eigenvalue weighted by Crippen LogP contribution is -2.38.